The Bertz CT molecular complexity index is 1390. The molecule has 0 bridgehead atoms. The first kappa shape index (κ1) is 26.0. The zero-order valence-electron chi connectivity index (χ0n) is 20.7. The third kappa shape index (κ3) is 5.46. The van der Waals surface area contributed by atoms with E-state index in [1.165, 1.54) is 43.3 Å². The molecule has 1 saturated heterocycles. The molecule has 0 amide bonds. The van der Waals surface area contributed by atoms with Crippen LogP contribution in [0.3, 0.4) is 0 Å². The lowest BCUT2D eigenvalue weighted by Gasteiger charge is -2.37. The summed E-state index contributed by atoms with van der Waals surface area (Å²) in [4.78, 5) is 26.5. The van der Waals surface area contributed by atoms with Gasteiger partial charge in [0.2, 0.25) is 0 Å². The number of aliphatic imine (C=N–C) groups is 1. The second-order valence-electron chi connectivity index (χ2n) is 8.99. The molecule has 1 N–H and O–H groups in total. The number of rotatable bonds is 6. The molecule has 1 aromatic heterocycles. The molecule has 5 rings (SSSR count). The van der Waals surface area contributed by atoms with Gasteiger partial charge in [-0.3, -0.25) is 9.89 Å². The maximum atomic E-state index is 14.8. The molecule has 3 heterocycles. The molecule has 1 unspecified atom stereocenters. The van der Waals surface area contributed by atoms with E-state index >= 15 is 0 Å². The van der Waals surface area contributed by atoms with Crippen LogP contribution in [0, 0.1) is 11.6 Å². The molecule has 2 aromatic carbocycles. The SMILES string of the molecule is COC(=O)C1=C(CN2CCN(c3ccccc3)CC2)NC(c2ncccc2F)=NC1c1ccc(F)cc1Br. The van der Waals surface area contributed by atoms with Crippen molar-refractivity contribution < 1.29 is 18.3 Å². The van der Waals surface area contributed by atoms with Crippen molar-refractivity contribution in [2.24, 2.45) is 4.99 Å². The summed E-state index contributed by atoms with van der Waals surface area (Å²) < 4.78 is 34.3. The largest absolute Gasteiger partial charge is 0.466 e. The number of hydrogen-bond acceptors (Lipinski definition) is 7. The van der Waals surface area contributed by atoms with Gasteiger partial charge in [-0.25, -0.2) is 18.6 Å². The van der Waals surface area contributed by atoms with E-state index < -0.39 is 23.6 Å². The highest BCUT2D eigenvalue weighted by Gasteiger charge is 2.35. The summed E-state index contributed by atoms with van der Waals surface area (Å²) >= 11 is 3.41. The minimum Gasteiger partial charge on any atom is -0.466 e. The van der Waals surface area contributed by atoms with Crippen LogP contribution in [0.15, 0.2) is 87.6 Å². The lowest BCUT2D eigenvalue weighted by Crippen LogP contribution is -2.49. The summed E-state index contributed by atoms with van der Waals surface area (Å²) in [7, 11) is 1.31. The third-order valence-corrected chi connectivity index (χ3v) is 7.33. The maximum Gasteiger partial charge on any atom is 0.338 e. The zero-order chi connectivity index (χ0) is 26.6. The molecule has 1 atom stereocenters. The number of carbonyl (C=O) groups is 1. The fourth-order valence-corrected chi connectivity index (χ4v) is 5.29. The molecular weight excluding hydrogens is 556 g/mol. The van der Waals surface area contributed by atoms with E-state index in [2.05, 4.69) is 53.2 Å². The van der Waals surface area contributed by atoms with E-state index in [9.17, 15) is 13.6 Å². The predicted molar refractivity (Wildman–Crippen MR) is 145 cm³/mol. The number of amidine groups is 1. The molecule has 2 aliphatic rings. The van der Waals surface area contributed by atoms with Gasteiger partial charge >= 0.3 is 5.97 Å². The first-order chi connectivity index (χ1) is 18.4. The van der Waals surface area contributed by atoms with Crippen molar-refractivity contribution in [3.05, 3.63) is 105 Å². The van der Waals surface area contributed by atoms with Crippen molar-refractivity contribution in [2.45, 2.75) is 6.04 Å². The lowest BCUT2D eigenvalue weighted by atomic mass is 9.95. The lowest BCUT2D eigenvalue weighted by molar-refractivity contribution is -0.136. The number of carbonyl (C=O) groups excluding carboxylic acids is 1. The normalized spacial score (nSPS) is 18.2. The van der Waals surface area contributed by atoms with Crippen LogP contribution in [-0.4, -0.2) is 61.5 Å². The van der Waals surface area contributed by atoms with Crippen molar-refractivity contribution >= 4 is 33.4 Å². The average Bonchev–Trinajstić information content (AvgIpc) is 2.93. The summed E-state index contributed by atoms with van der Waals surface area (Å²) in [5.74, 6) is -1.36. The topological polar surface area (TPSA) is 70.1 Å². The monoisotopic (exact) mass is 581 g/mol. The fourth-order valence-electron chi connectivity index (χ4n) is 4.73. The fraction of sp³-hybridized carbons (Fsp3) is 0.250. The van der Waals surface area contributed by atoms with Gasteiger partial charge in [0, 0.05) is 54.8 Å². The van der Waals surface area contributed by atoms with Crippen LogP contribution in [0.5, 0.6) is 0 Å². The summed E-state index contributed by atoms with van der Waals surface area (Å²) in [5, 5.41) is 3.18. The number of esters is 1. The molecule has 196 valence electrons. The number of para-hydroxylation sites is 1. The highest BCUT2D eigenvalue weighted by atomic mass is 79.9. The van der Waals surface area contributed by atoms with Crippen molar-refractivity contribution in [1.82, 2.24) is 15.2 Å². The number of nitrogens with zero attached hydrogens (tertiary/aromatic N) is 4. The van der Waals surface area contributed by atoms with Gasteiger partial charge in [-0.05, 0) is 42.0 Å². The first-order valence-electron chi connectivity index (χ1n) is 12.2. The minimum absolute atomic E-state index is 0.0334. The minimum atomic E-state index is -0.865. The molecule has 38 heavy (non-hydrogen) atoms. The van der Waals surface area contributed by atoms with Gasteiger partial charge in [-0.2, -0.15) is 0 Å². The molecule has 0 saturated carbocycles. The molecule has 2 aliphatic heterocycles. The van der Waals surface area contributed by atoms with Crippen LogP contribution < -0.4 is 10.2 Å². The molecule has 0 aliphatic carbocycles. The van der Waals surface area contributed by atoms with Gasteiger partial charge < -0.3 is 15.0 Å². The third-order valence-electron chi connectivity index (χ3n) is 6.65. The van der Waals surface area contributed by atoms with Crippen LogP contribution in [0.4, 0.5) is 14.5 Å². The molecule has 0 radical (unpaired) electrons. The summed E-state index contributed by atoms with van der Waals surface area (Å²) in [6.45, 7) is 3.52. The van der Waals surface area contributed by atoms with Gasteiger partial charge in [0.25, 0.3) is 0 Å². The highest BCUT2D eigenvalue weighted by Crippen LogP contribution is 2.37. The molecule has 3 aromatic rings. The Morgan fingerprint density at radius 3 is 2.53 bits per heavy atom. The molecular formula is C28H26BrF2N5O2. The highest BCUT2D eigenvalue weighted by molar-refractivity contribution is 9.10. The average molecular weight is 582 g/mol. The number of pyridine rings is 1. The van der Waals surface area contributed by atoms with Gasteiger partial charge in [-0.15, -0.1) is 0 Å². The number of piperazine rings is 1. The molecule has 10 heteroatoms. The molecule has 1 fully saturated rings. The molecule has 0 spiro atoms. The smallest absolute Gasteiger partial charge is 0.338 e. The van der Waals surface area contributed by atoms with Crippen molar-refractivity contribution in [3.8, 4) is 0 Å². The standard InChI is InChI=1S/C28H26BrF2N5O2/c1-38-28(37)24-23(17-35-12-14-36(15-13-35)19-6-3-2-4-7-19)33-27(26-22(31)8-5-11-32-26)34-25(24)20-10-9-18(30)16-21(20)29/h2-11,16,25H,12-15,17H2,1H3,(H,33,34). The Kier molecular flexibility index (Phi) is 7.80. The van der Waals surface area contributed by atoms with Crippen molar-refractivity contribution in [1.29, 1.82) is 0 Å². The van der Waals surface area contributed by atoms with E-state index in [0.29, 0.717) is 22.3 Å². The maximum absolute atomic E-state index is 14.8. The Morgan fingerprint density at radius 2 is 1.84 bits per heavy atom. The van der Waals surface area contributed by atoms with Crippen molar-refractivity contribution in [3.63, 3.8) is 0 Å². The van der Waals surface area contributed by atoms with E-state index in [1.807, 2.05) is 18.2 Å². The van der Waals surface area contributed by atoms with E-state index in [1.54, 1.807) is 6.07 Å². The molecule has 7 nitrogen and oxygen atoms in total. The Labute approximate surface area is 228 Å². The number of ether oxygens (including phenoxy) is 1. The number of hydrogen-bond donors (Lipinski definition) is 1. The Morgan fingerprint density at radius 1 is 1.08 bits per heavy atom. The van der Waals surface area contributed by atoms with E-state index in [-0.39, 0.29) is 17.1 Å². The summed E-state index contributed by atoms with van der Waals surface area (Å²) in [5.41, 5.74) is 2.57. The van der Waals surface area contributed by atoms with Gasteiger partial charge in [0.15, 0.2) is 11.7 Å². The number of methoxy groups -OCH3 is 1. The van der Waals surface area contributed by atoms with Gasteiger partial charge in [0.05, 0.1) is 12.7 Å². The van der Waals surface area contributed by atoms with Crippen LogP contribution in [0.1, 0.15) is 17.3 Å². The van der Waals surface area contributed by atoms with Gasteiger partial charge in [0.1, 0.15) is 17.6 Å². The Hall–Kier alpha value is -3.63. The van der Waals surface area contributed by atoms with E-state index in [0.717, 1.165) is 26.2 Å². The Balaban J connectivity index is 1.50. The number of benzene rings is 2. The van der Waals surface area contributed by atoms with Gasteiger partial charge in [-0.1, -0.05) is 40.2 Å². The first-order valence-corrected chi connectivity index (χ1v) is 13.0. The van der Waals surface area contributed by atoms with Crippen molar-refractivity contribution in [2.75, 3.05) is 44.7 Å². The quantitative estimate of drug-likeness (QED) is 0.433. The number of aromatic nitrogens is 1. The second kappa shape index (κ2) is 11.4. The number of nitrogens with one attached hydrogen (secondary N) is 1. The zero-order valence-corrected chi connectivity index (χ0v) is 22.3. The van der Waals surface area contributed by atoms with Crippen LogP contribution in [-0.2, 0) is 9.53 Å². The summed E-state index contributed by atoms with van der Waals surface area (Å²) in [6, 6.07) is 16.3. The predicted octanol–water partition coefficient (Wildman–Crippen LogP) is 4.46. The number of halogens is 3. The number of anilines is 1. The van der Waals surface area contributed by atoms with Crippen LogP contribution in [0.25, 0.3) is 0 Å². The van der Waals surface area contributed by atoms with E-state index in [4.69, 9.17) is 4.74 Å². The van der Waals surface area contributed by atoms with Crippen LogP contribution >= 0.6 is 15.9 Å². The second-order valence-corrected chi connectivity index (χ2v) is 9.84. The van der Waals surface area contributed by atoms with Crippen LogP contribution in [0.2, 0.25) is 0 Å². The summed E-state index contributed by atoms with van der Waals surface area (Å²) in [6.07, 6.45) is 1.48.